The van der Waals surface area contributed by atoms with Gasteiger partial charge in [-0.15, -0.1) is 0 Å². The molecule has 0 spiro atoms. The minimum absolute atomic E-state index is 0.159. The van der Waals surface area contributed by atoms with Crippen LogP contribution >= 0.6 is 11.6 Å². The smallest absolute Gasteiger partial charge is 0.260 e. The largest absolute Gasteiger partial charge is 0.369 e. The Balaban J connectivity index is 1.24. The highest BCUT2D eigenvalue weighted by Gasteiger charge is 2.19. The molecule has 214 valence electrons. The van der Waals surface area contributed by atoms with Crippen molar-refractivity contribution < 1.29 is 0 Å². The van der Waals surface area contributed by atoms with Crippen LogP contribution in [0.25, 0.3) is 33.4 Å². The van der Waals surface area contributed by atoms with Crippen LogP contribution in [0.1, 0.15) is 20.8 Å². The van der Waals surface area contributed by atoms with Gasteiger partial charge in [-0.1, -0.05) is 23.7 Å². The van der Waals surface area contributed by atoms with Crippen molar-refractivity contribution in [2.45, 2.75) is 33.4 Å². The second-order valence-corrected chi connectivity index (χ2v) is 11.1. The number of halogens is 1. The zero-order valence-electron chi connectivity index (χ0n) is 24.0. The topological polar surface area (TPSA) is 92.1 Å². The lowest BCUT2D eigenvalue weighted by Gasteiger charge is -2.38. The molecular formula is C32H33ClN8O. The summed E-state index contributed by atoms with van der Waals surface area (Å²) in [6, 6.07) is 18.1. The summed E-state index contributed by atoms with van der Waals surface area (Å²) in [5.41, 5.74) is 5.26. The highest BCUT2D eigenvalue weighted by molar-refractivity contribution is 6.33. The molecule has 1 aliphatic heterocycles. The van der Waals surface area contributed by atoms with Crippen LogP contribution in [-0.4, -0.2) is 61.6 Å². The molecule has 1 fully saturated rings. The van der Waals surface area contributed by atoms with Crippen LogP contribution in [0.2, 0.25) is 5.02 Å². The molecule has 0 unspecified atom stereocenters. The zero-order chi connectivity index (χ0) is 29.2. The van der Waals surface area contributed by atoms with Crippen LogP contribution in [0.15, 0.2) is 78.1 Å². The van der Waals surface area contributed by atoms with Crippen LogP contribution in [0.3, 0.4) is 0 Å². The highest BCUT2D eigenvalue weighted by Crippen LogP contribution is 2.31. The fourth-order valence-electron chi connectivity index (χ4n) is 5.44. The lowest BCUT2D eigenvalue weighted by Crippen LogP contribution is -2.48. The number of hydrogen-bond donors (Lipinski definition) is 1. The van der Waals surface area contributed by atoms with Gasteiger partial charge in [-0.25, -0.2) is 15.0 Å². The number of nitrogens with one attached hydrogen (secondary N) is 1. The Labute approximate surface area is 249 Å². The van der Waals surface area contributed by atoms with Crippen molar-refractivity contribution in [3.05, 3.63) is 88.7 Å². The van der Waals surface area contributed by atoms with Crippen molar-refractivity contribution in [2.24, 2.45) is 0 Å². The summed E-state index contributed by atoms with van der Waals surface area (Å²) in [5.74, 6) is 0.433. The minimum atomic E-state index is -0.159. The summed E-state index contributed by atoms with van der Waals surface area (Å²) < 4.78 is 1.66. The molecule has 10 heteroatoms. The average Bonchev–Trinajstić information content (AvgIpc) is 3.02. The third-order valence-corrected chi connectivity index (χ3v) is 8.13. The normalized spacial score (nSPS) is 14.1. The number of rotatable bonds is 7. The number of aryl methyl sites for hydroxylation is 1. The fraction of sp³-hybridized carbons (Fsp3) is 0.281. The van der Waals surface area contributed by atoms with Gasteiger partial charge in [-0.3, -0.25) is 14.3 Å². The highest BCUT2D eigenvalue weighted by atomic mass is 35.5. The predicted octanol–water partition coefficient (Wildman–Crippen LogP) is 5.86. The Bertz CT molecular complexity index is 1760. The molecule has 5 aromatic rings. The molecule has 1 aliphatic rings. The van der Waals surface area contributed by atoms with E-state index < -0.39 is 0 Å². The first kappa shape index (κ1) is 27.8. The predicted molar refractivity (Wildman–Crippen MR) is 170 cm³/mol. The summed E-state index contributed by atoms with van der Waals surface area (Å²) in [6.07, 6.45) is 4.92. The van der Waals surface area contributed by atoms with E-state index in [4.69, 9.17) is 16.6 Å². The van der Waals surface area contributed by atoms with Crippen molar-refractivity contribution in [3.63, 3.8) is 0 Å². The summed E-state index contributed by atoms with van der Waals surface area (Å²) in [7, 11) is 0. The number of hydrogen-bond acceptors (Lipinski definition) is 8. The van der Waals surface area contributed by atoms with Crippen molar-refractivity contribution in [3.8, 4) is 22.4 Å². The monoisotopic (exact) mass is 580 g/mol. The van der Waals surface area contributed by atoms with Crippen molar-refractivity contribution in [1.82, 2.24) is 29.4 Å². The summed E-state index contributed by atoms with van der Waals surface area (Å²) >= 11 is 6.69. The Kier molecular flexibility index (Phi) is 7.86. The van der Waals surface area contributed by atoms with Gasteiger partial charge in [0.15, 0.2) is 0 Å². The molecule has 4 heterocycles. The zero-order valence-corrected chi connectivity index (χ0v) is 24.7. The first-order valence-electron chi connectivity index (χ1n) is 14.2. The molecule has 42 heavy (non-hydrogen) atoms. The van der Waals surface area contributed by atoms with E-state index in [1.54, 1.807) is 17.0 Å². The van der Waals surface area contributed by atoms with E-state index in [-0.39, 0.29) is 5.56 Å². The van der Waals surface area contributed by atoms with Crippen LogP contribution < -0.4 is 15.8 Å². The Hall–Kier alpha value is -4.34. The first-order valence-corrected chi connectivity index (χ1v) is 14.6. The Morgan fingerprint density at radius 3 is 2.40 bits per heavy atom. The molecule has 1 saturated heterocycles. The molecule has 9 nitrogen and oxygen atoms in total. The molecule has 0 bridgehead atoms. The maximum atomic E-state index is 13.6. The minimum Gasteiger partial charge on any atom is -0.369 e. The third-order valence-electron chi connectivity index (χ3n) is 7.81. The number of anilines is 3. The SMILES string of the molecule is CCn1c(=O)c(-c2ccc(-c3ccncn3)cc2Cl)cc2cnc(Nc3ccc(N4CCN(C(C)C)CC4)cc3)nc21. The molecule has 3 aromatic heterocycles. The molecule has 0 radical (unpaired) electrons. The molecule has 2 aromatic carbocycles. The van der Waals surface area contributed by atoms with E-state index in [2.05, 4.69) is 56.0 Å². The van der Waals surface area contributed by atoms with Gasteiger partial charge in [-0.05, 0) is 63.2 Å². The standard InChI is InChI=1S/C32H33ClN8O/c1-4-41-30-23(17-27(31(41)42)26-10-5-22(18-28(26)33)29-11-12-34-20-36-29)19-35-32(38-30)37-24-6-8-25(9-7-24)40-15-13-39(14-16-40)21(2)3/h5-12,17-21H,4,13-16H2,1-3H3,(H,35,37,38). The summed E-state index contributed by atoms with van der Waals surface area (Å²) in [5, 5.41) is 4.52. The Morgan fingerprint density at radius 1 is 0.952 bits per heavy atom. The molecule has 6 rings (SSSR count). The van der Waals surface area contributed by atoms with Crippen LogP contribution in [0.4, 0.5) is 17.3 Å². The number of nitrogens with zero attached hydrogens (tertiary/aromatic N) is 7. The molecular weight excluding hydrogens is 548 g/mol. The lowest BCUT2D eigenvalue weighted by molar-refractivity contribution is 0.209. The molecule has 0 amide bonds. The van der Waals surface area contributed by atoms with E-state index in [1.165, 1.54) is 12.0 Å². The van der Waals surface area contributed by atoms with Crippen LogP contribution in [0, 0.1) is 0 Å². The quantitative estimate of drug-likeness (QED) is 0.256. The van der Waals surface area contributed by atoms with Gasteiger partial charge in [0.25, 0.3) is 5.56 Å². The average molecular weight is 581 g/mol. The maximum absolute atomic E-state index is 13.6. The molecule has 0 atom stereocenters. The second-order valence-electron chi connectivity index (χ2n) is 10.7. The van der Waals surface area contributed by atoms with E-state index in [1.807, 2.05) is 49.4 Å². The van der Waals surface area contributed by atoms with Gasteiger partial charge in [0.05, 0.1) is 5.69 Å². The summed E-state index contributed by atoms with van der Waals surface area (Å²) in [4.78, 5) is 36.1. The number of fused-ring (bicyclic) bond motifs is 1. The van der Waals surface area contributed by atoms with Gasteiger partial charge < -0.3 is 10.2 Å². The first-order chi connectivity index (χ1) is 20.4. The number of aromatic nitrogens is 5. The fourth-order valence-corrected chi connectivity index (χ4v) is 5.72. The lowest BCUT2D eigenvalue weighted by atomic mass is 10.0. The Morgan fingerprint density at radius 2 is 1.74 bits per heavy atom. The van der Waals surface area contributed by atoms with Crippen LogP contribution in [0.5, 0.6) is 0 Å². The van der Waals surface area contributed by atoms with Gasteiger partial charge in [-0.2, -0.15) is 4.98 Å². The maximum Gasteiger partial charge on any atom is 0.260 e. The van der Waals surface area contributed by atoms with Crippen molar-refractivity contribution in [2.75, 3.05) is 36.4 Å². The van der Waals surface area contributed by atoms with Gasteiger partial charge >= 0.3 is 0 Å². The van der Waals surface area contributed by atoms with E-state index in [0.717, 1.165) is 48.5 Å². The van der Waals surface area contributed by atoms with Gasteiger partial charge in [0, 0.05) is 89.6 Å². The second kappa shape index (κ2) is 11.9. The van der Waals surface area contributed by atoms with Crippen molar-refractivity contribution in [1.29, 1.82) is 0 Å². The molecule has 1 N–H and O–H groups in total. The van der Waals surface area contributed by atoms with Crippen molar-refractivity contribution >= 4 is 40.0 Å². The molecule has 0 saturated carbocycles. The third kappa shape index (κ3) is 5.57. The van der Waals surface area contributed by atoms with Gasteiger partial charge in [0.2, 0.25) is 5.95 Å². The van der Waals surface area contributed by atoms with E-state index in [9.17, 15) is 4.79 Å². The number of pyridine rings is 1. The number of piperazine rings is 1. The van der Waals surface area contributed by atoms with Crippen LogP contribution in [-0.2, 0) is 6.54 Å². The molecule has 0 aliphatic carbocycles. The van der Waals surface area contributed by atoms with E-state index in [0.29, 0.717) is 40.3 Å². The van der Waals surface area contributed by atoms with E-state index >= 15 is 0 Å². The number of benzene rings is 2. The summed E-state index contributed by atoms with van der Waals surface area (Å²) in [6.45, 7) is 11.1. The van der Waals surface area contributed by atoms with Gasteiger partial charge in [0.1, 0.15) is 12.0 Å².